The van der Waals surface area contributed by atoms with E-state index in [-0.39, 0.29) is 11.7 Å². The summed E-state index contributed by atoms with van der Waals surface area (Å²) in [4.78, 5) is 18.1. The molecule has 6 nitrogen and oxygen atoms in total. The Morgan fingerprint density at radius 3 is 2.33 bits per heavy atom. The first-order valence-electron chi connectivity index (χ1n) is 12.9. The summed E-state index contributed by atoms with van der Waals surface area (Å²) in [5.74, 6) is 0.464. The second-order valence-electron chi connectivity index (χ2n) is 10.1. The minimum absolute atomic E-state index is 0.114. The van der Waals surface area contributed by atoms with Crippen LogP contribution in [-0.2, 0) is 4.79 Å². The van der Waals surface area contributed by atoms with E-state index >= 15 is 0 Å². The van der Waals surface area contributed by atoms with Gasteiger partial charge in [-0.05, 0) is 49.1 Å². The number of nitrogens with zero attached hydrogens (tertiary/aromatic N) is 3. The molecule has 0 aliphatic carbocycles. The lowest BCUT2D eigenvalue weighted by molar-refractivity contribution is -0.129. The third-order valence-electron chi connectivity index (χ3n) is 7.63. The number of fused-ring (bicyclic) bond motifs is 1. The number of aliphatic hydroxyl groups excluding tert-OH is 1. The maximum atomic E-state index is 14.6. The van der Waals surface area contributed by atoms with Crippen LogP contribution >= 0.6 is 0 Å². The van der Waals surface area contributed by atoms with Crippen LogP contribution in [0, 0.1) is 11.7 Å². The van der Waals surface area contributed by atoms with E-state index in [9.17, 15) is 14.3 Å². The molecular weight excluding hydrogens is 455 g/mol. The molecule has 7 heteroatoms. The van der Waals surface area contributed by atoms with E-state index in [0.717, 1.165) is 66.9 Å². The van der Waals surface area contributed by atoms with Gasteiger partial charge in [-0.15, -0.1) is 0 Å². The van der Waals surface area contributed by atoms with Crippen LogP contribution in [0.1, 0.15) is 38.5 Å². The molecular formula is C29H35FN4O2. The Morgan fingerprint density at radius 1 is 0.944 bits per heavy atom. The van der Waals surface area contributed by atoms with Crippen LogP contribution in [0.15, 0.2) is 54.6 Å². The third kappa shape index (κ3) is 5.12. The number of anilines is 3. The van der Waals surface area contributed by atoms with Crippen LogP contribution in [0.5, 0.6) is 0 Å². The van der Waals surface area contributed by atoms with Gasteiger partial charge in [0.1, 0.15) is 5.82 Å². The molecule has 0 saturated carbocycles. The standard InChI is InChI=1S/C29H35FN4O2/c1-20-9-11-33(12-10-20)24-18-22(17-23(30)19-24)29(36)31-27-7-8-28(26-6-4-3-5-25(26)27)34-15-13-32(14-16-34)21(2)35/h3-8,17-20,29,31,36H,9-16H2,1-2H3. The average Bonchev–Trinajstić information content (AvgIpc) is 2.89. The lowest BCUT2D eigenvalue weighted by Crippen LogP contribution is -2.48. The van der Waals surface area contributed by atoms with Gasteiger partial charge < -0.3 is 25.1 Å². The predicted molar refractivity (Wildman–Crippen MR) is 144 cm³/mol. The fourth-order valence-corrected chi connectivity index (χ4v) is 5.38. The van der Waals surface area contributed by atoms with Crippen LogP contribution in [0.25, 0.3) is 10.8 Å². The summed E-state index contributed by atoms with van der Waals surface area (Å²) >= 11 is 0. The second kappa shape index (κ2) is 10.3. The van der Waals surface area contributed by atoms with E-state index < -0.39 is 6.23 Å². The molecule has 2 saturated heterocycles. The topological polar surface area (TPSA) is 59.1 Å². The first kappa shape index (κ1) is 24.4. The molecule has 2 N–H and O–H groups in total. The van der Waals surface area contributed by atoms with E-state index in [0.29, 0.717) is 24.6 Å². The molecule has 2 heterocycles. The molecule has 1 amide bonds. The highest BCUT2D eigenvalue weighted by molar-refractivity contribution is 6.02. The molecule has 0 spiro atoms. The van der Waals surface area contributed by atoms with E-state index in [4.69, 9.17) is 0 Å². The van der Waals surface area contributed by atoms with Crippen LogP contribution in [-0.4, -0.2) is 55.2 Å². The summed E-state index contributed by atoms with van der Waals surface area (Å²) in [6.45, 7) is 8.65. The summed E-state index contributed by atoms with van der Waals surface area (Å²) in [6.07, 6.45) is 1.14. The monoisotopic (exact) mass is 490 g/mol. The highest BCUT2D eigenvalue weighted by Crippen LogP contribution is 2.35. The largest absolute Gasteiger partial charge is 0.371 e. The average molecular weight is 491 g/mol. The number of hydrogen-bond donors (Lipinski definition) is 2. The quantitative estimate of drug-likeness (QED) is 0.494. The first-order chi connectivity index (χ1) is 17.4. The molecule has 0 bridgehead atoms. The molecule has 3 aromatic carbocycles. The molecule has 190 valence electrons. The van der Waals surface area contributed by atoms with Crippen molar-refractivity contribution >= 4 is 33.7 Å². The Balaban J connectivity index is 1.38. The van der Waals surface area contributed by atoms with Crippen molar-refractivity contribution in [1.82, 2.24) is 4.90 Å². The number of carbonyl (C=O) groups excluding carboxylic acids is 1. The van der Waals surface area contributed by atoms with Crippen LogP contribution in [0.4, 0.5) is 21.5 Å². The zero-order valence-electron chi connectivity index (χ0n) is 21.1. The molecule has 1 atom stereocenters. The van der Waals surface area contributed by atoms with Crippen molar-refractivity contribution in [3.05, 3.63) is 66.0 Å². The molecule has 3 aromatic rings. The number of aliphatic hydroxyl groups is 1. The highest BCUT2D eigenvalue weighted by atomic mass is 19.1. The number of benzene rings is 3. The highest BCUT2D eigenvalue weighted by Gasteiger charge is 2.22. The second-order valence-corrected chi connectivity index (χ2v) is 10.1. The van der Waals surface area contributed by atoms with Crippen LogP contribution in [0.2, 0.25) is 0 Å². The third-order valence-corrected chi connectivity index (χ3v) is 7.63. The van der Waals surface area contributed by atoms with Crippen molar-refractivity contribution < 1.29 is 14.3 Å². The normalized spacial score (nSPS) is 17.9. The van der Waals surface area contributed by atoms with E-state index in [1.807, 2.05) is 35.2 Å². The van der Waals surface area contributed by atoms with E-state index in [1.165, 1.54) is 6.07 Å². The summed E-state index contributed by atoms with van der Waals surface area (Å²) in [6, 6.07) is 17.0. The van der Waals surface area contributed by atoms with Crippen molar-refractivity contribution in [1.29, 1.82) is 0 Å². The molecule has 0 aromatic heterocycles. The smallest absolute Gasteiger partial charge is 0.219 e. The maximum Gasteiger partial charge on any atom is 0.219 e. The molecule has 36 heavy (non-hydrogen) atoms. The van der Waals surface area contributed by atoms with Crippen LogP contribution in [0.3, 0.4) is 0 Å². The number of carbonyl (C=O) groups is 1. The van der Waals surface area contributed by atoms with Crippen molar-refractivity contribution in [3.8, 4) is 0 Å². The van der Waals surface area contributed by atoms with E-state index in [1.54, 1.807) is 13.0 Å². The maximum absolute atomic E-state index is 14.6. The van der Waals surface area contributed by atoms with Gasteiger partial charge in [0.25, 0.3) is 0 Å². The van der Waals surface area contributed by atoms with Gasteiger partial charge in [0.05, 0.1) is 0 Å². The Labute approximate surface area is 212 Å². The number of piperazine rings is 1. The fourth-order valence-electron chi connectivity index (χ4n) is 5.38. The van der Waals surface area contributed by atoms with Gasteiger partial charge in [0.2, 0.25) is 5.91 Å². The van der Waals surface area contributed by atoms with Gasteiger partial charge in [-0.3, -0.25) is 4.79 Å². The van der Waals surface area contributed by atoms with Crippen molar-refractivity contribution in [2.45, 2.75) is 32.9 Å². The molecule has 2 aliphatic heterocycles. The number of amides is 1. The molecule has 2 aliphatic rings. The minimum Gasteiger partial charge on any atom is -0.371 e. The van der Waals surface area contributed by atoms with Gasteiger partial charge in [0.15, 0.2) is 6.23 Å². The fraction of sp³-hybridized carbons (Fsp3) is 0.414. The number of rotatable bonds is 5. The van der Waals surface area contributed by atoms with Crippen LogP contribution < -0.4 is 15.1 Å². The van der Waals surface area contributed by atoms with Gasteiger partial charge in [-0.25, -0.2) is 4.39 Å². The van der Waals surface area contributed by atoms with Crippen molar-refractivity contribution in [3.63, 3.8) is 0 Å². The predicted octanol–water partition coefficient (Wildman–Crippen LogP) is 4.99. The lowest BCUT2D eigenvalue weighted by atomic mass is 9.98. The number of hydrogen-bond acceptors (Lipinski definition) is 5. The first-order valence-corrected chi connectivity index (χ1v) is 12.9. The zero-order valence-corrected chi connectivity index (χ0v) is 21.1. The van der Waals surface area contributed by atoms with Crippen molar-refractivity contribution in [2.75, 3.05) is 54.4 Å². The van der Waals surface area contributed by atoms with Crippen molar-refractivity contribution in [2.24, 2.45) is 5.92 Å². The molecule has 0 radical (unpaired) electrons. The summed E-state index contributed by atoms with van der Waals surface area (Å²) in [7, 11) is 0. The van der Waals surface area contributed by atoms with Gasteiger partial charge in [-0.2, -0.15) is 0 Å². The number of piperidine rings is 1. The Bertz CT molecular complexity index is 1230. The summed E-state index contributed by atoms with van der Waals surface area (Å²) < 4.78 is 14.6. The number of halogens is 1. The van der Waals surface area contributed by atoms with Gasteiger partial charge in [-0.1, -0.05) is 31.2 Å². The minimum atomic E-state index is -1.04. The molecule has 2 fully saturated rings. The Morgan fingerprint density at radius 2 is 1.64 bits per heavy atom. The summed E-state index contributed by atoms with van der Waals surface area (Å²) in [5.41, 5.74) is 3.24. The molecule has 1 unspecified atom stereocenters. The molecule has 5 rings (SSSR count). The van der Waals surface area contributed by atoms with Gasteiger partial charge in [0, 0.05) is 79.6 Å². The lowest BCUT2D eigenvalue weighted by Gasteiger charge is -2.36. The van der Waals surface area contributed by atoms with E-state index in [2.05, 4.69) is 34.2 Å². The number of nitrogens with one attached hydrogen (secondary N) is 1. The Kier molecular flexibility index (Phi) is 7.01. The SMILES string of the molecule is CC(=O)N1CCN(c2ccc(NC(O)c3cc(F)cc(N4CCC(C)CC4)c3)c3ccccc23)CC1. The Hall–Kier alpha value is -3.32. The zero-order chi connectivity index (χ0) is 25.2. The summed E-state index contributed by atoms with van der Waals surface area (Å²) in [5, 5.41) is 16.4. The van der Waals surface area contributed by atoms with Gasteiger partial charge >= 0.3 is 0 Å².